The first-order valence-corrected chi connectivity index (χ1v) is 10.2. The van der Waals surface area contributed by atoms with Crippen LogP contribution in [0.15, 0.2) is 76.4 Å². The minimum atomic E-state index is -0.323. The predicted molar refractivity (Wildman–Crippen MR) is 117 cm³/mol. The first-order chi connectivity index (χ1) is 14.6. The second kappa shape index (κ2) is 7.41. The van der Waals surface area contributed by atoms with Crippen molar-refractivity contribution in [2.24, 2.45) is 0 Å². The highest BCUT2D eigenvalue weighted by molar-refractivity contribution is 6.01. The molecule has 152 valence electrons. The van der Waals surface area contributed by atoms with E-state index in [0.29, 0.717) is 6.42 Å². The van der Waals surface area contributed by atoms with E-state index in [1.165, 1.54) is 0 Å². The summed E-state index contributed by atoms with van der Waals surface area (Å²) in [6.45, 7) is 1.92. The third-order valence-electron chi connectivity index (χ3n) is 5.93. The highest BCUT2D eigenvalue weighted by Crippen LogP contribution is 2.45. The molecule has 0 bridgehead atoms. The van der Waals surface area contributed by atoms with Gasteiger partial charge in [0.25, 0.3) is 0 Å². The summed E-state index contributed by atoms with van der Waals surface area (Å²) in [4.78, 5) is 13.5. The number of hydrogen-bond donors (Lipinski definition) is 2. The number of nitrogens with one attached hydrogen (secondary N) is 2. The second-order valence-corrected chi connectivity index (χ2v) is 7.86. The molecule has 3 aromatic rings. The van der Waals surface area contributed by atoms with Crippen LogP contribution in [0.4, 0.5) is 11.4 Å². The zero-order valence-electron chi connectivity index (χ0n) is 17.1. The smallest absolute Gasteiger partial charge is 0.163 e. The largest absolute Gasteiger partial charge is 0.496 e. The predicted octanol–water partition coefficient (Wildman–Crippen LogP) is 5.58. The molecular formula is C25H24N2O3. The third-order valence-corrected chi connectivity index (χ3v) is 5.93. The second-order valence-electron chi connectivity index (χ2n) is 7.86. The Morgan fingerprint density at radius 3 is 2.50 bits per heavy atom. The van der Waals surface area contributed by atoms with Crippen molar-refractivity contribution in [3.05, 3.63) is 89.0 Å². The number of methoxy groups -OCH3 is 1. The third kappa shape index (κ3) is 3.16. The van der Waals surface area contributed by atoms with Gasteiger partial charge < -0.3 is 19.8 Å². The molecule has 2 aromatic carbocycles. The molecule has 1 aliphatic carbocycles. The van der Waals surface area contributed by atoms with Gasteiger partial charge in [0.1, 0.15) is 23.3 Å². The van der Waals surface area contributed by atoms with Crippen molar-refractivity contribution in [1.29, 1.82) is 0 Å². The first kappa shape index (κ1) is 18.6. The summed E-state index contributed by atoms with van der Waals surface area (Å²) in [5.41, 5.74) is 4.68. The summed E-state index contributed by atoms with van der Waals surface area (Å²) in [7, 11) is 1.67. The lowest BCUT2D eigenvalue weighted by atomic mass is 9.79. The average molecular weight is 400 g/mol. The Bertz CT molecular complexity index is 1140. The van der Waals surface area contributed by atoms with Crippen LogP contribution in [-0.4, -0.2) is 12.9 Å². The number of benzene rings is 2. The maximum atomic E-state index is 13.5. The molecule has 2 N–H and O–H groups in total. The summed E-state index contributed by atoms with van der Waals surface area (Å²) in [6, 6.07) is 19.6. The Morgan fingerprint density at radius 1 is 0.967 bits per heavy atom. The number of para-hydroxylation sites is 3. The van der Waals surface area contributed by atoms with Crippen LogP contribution in [0.2, 0.25) is 0 Å². The molecular weight excluding hydrogens is 376 g/mol. The van der Waals surface area contributed by atoms with Crippen molar-refractivity contribution in [2.75, 3.05) is 17.7 Å². The van der Waals surface area contributed by atoms with E-state index in [1.807, 2.05) is 61.5 Å². The maximum Gasteiger partial charge on any atom is 0.163 e. The minimum Gasteiger partial charge on any atom is -0.496 e. The van der Waals surface area contributed by atoms with Gasteiger partial charge in [-0.05, 0) is 49.2 Å². The van der Waals surface area contributed by atoms with Gasteiger partial charge in [-0.25, -0.2) is 0 Å². The summed E-state index contributed by atoms with van der Waals surface area (Å²) in [5.74, 6) is 2.59. The molecule has 0 radical (unpaired) electrons. The van der Waals surface area contributed by atoms with Crippen molar-refractivity contribution in [3.63, 3.8) is 0 Å². The SMILES string of the molecule is COc1ccccc1C1CC(=O)C2=C(C1)Nc1ccccc1NC2c1ccc(C)o1. The Hall–Kier alpha value is -3.47. The van der Waals surface area contributed by atoms with Gasteiger partial charge in [-0.3, -0.25) is 4.79 Å². The molecule has 30 heavy (non-hydrogen) atoms. The van der Waals surface area contributed by atoms with Gasteiger partial charge in [0.2, 0.25) is 0 Å². The lowest BCUT2D eigenvalue weighted by Gasteiger charge is -2.29. The van der Waals surface area contributed by atoms with Crippen LogP contribution < -0.4 is 15.4 Å². The molecule has 5 heteroatoms. The van der Waals surface area contributed by atoms with Crippen LogP contribution in [-0.2, 0) is 4.79 Å². The molecule has 1 aromatic heterocycles. The fourth-order valence-corrected chi connectivity index (χ4v) is 4.54. The first-order valence-electron chi connectivity index (χ1n) is 10.2. The van der Waals surface area contributed by atoms with E-state index >= 15 is 0 Å². The number of hydrogen-bond acceptors (Lipinski definition) is 5. The molecule has 5 nitrogen and oxygen atoms in total. The van der Waals surface area contributed by atoms with Gasteiger partial charge in [0.05, 0.1) is 18.5 Å². The zero-order chi connectivity index (χ0) is 20.7. The number of furan rings is 1. The number of Topliss-reactive ketones (excluding diaryl/α,β-unsaturated/α-hetero) is 1. The minimum absolute atomic E-state index is 0.0594. The molecule has 5 rings (SSSR count). The summed E-state index contributed by atoms with van der Waals surface area (Å²) >= 11 is 0. The lowest BCUT2D eigenvalue weighted by molar-refractivity contribution is -0.116. The molecule has 1 aliphatic heterocycles. The van der Waals surface area contributed by atoms with Gasteiger partial charge in [0, 0.05) is 23.6 Å². The number of ketones is 1. The average Bonchev–Trinajstić information content (AvgIpc) is 3.11. The fraction of sp³-hybridized carbons (Fsp3) is 0.240. The number of carbonyl (C=O) groups excluding carboxylic acids is 1. The molecule has 2 heterocycles. The van der Waals surface area contributed by atoms with Gasteiger partial charge in [-0.1, -0.05) is 30.3 Å². The van der Waals surface area contributed by atoms with Gasteiger partial charge in [-0.2, -0.15) is 0 Å². The van der Waals surface area contributed by atoms with Crippen molar-refractivity contribution in [3.8, 4) is 5.75 Å². The molecule has 0 saturated heterocycles. The number of ether oxygens (including phenoxy) is 1. The van der Waals surface area contributed by atoms with E-state index < -0.39 is 0 Å². The standard InChI is InChI=1S/C25H24N2O3/c1-15-11-12-23(30-15)25-24-20(26-18-8-4-5-9-19(18)27-25)13-16(14-21(24)28)17-7-3-6-10-22(17)29-2/h3-12,16,25-27H,13-14H2,1-2H3. The van der Waals surface area contributed by atoms with Crippen LogP contribution in [0.1, 0.15) is 41.9 Å². The quantitative estimate of drug-likeness (QED) is 0.601. The van der Waals surface area contributed by atoms with E-state index in [1.54, 1.807) is 7.11 Å². The Kier molecular flexibility index (Phi) is 4.58. The maximum absolute atomic E-state index is 13.5. The molecule has 0 spiro atoms. The molecule has 0 saturated carbocycles. The van der Waals surface area contributed by atoms with Crippen LogP contribution in [0.3, 0.4) is 0 Å². The molecule has 0 fully saturated rings. The highest BCUT2D eigenvalue weighted by atomic mass is 16.5. The van der Waals surface area contributed by atoms with E-state index in [0.717, 1.165) is 51.9 Å². The number of aryl methyl sites for hydroxylation is 1. The number of anilines is 2. The van der Waals surface area contributed by atoms with Crippen LogP contribution in [0.5, 0.6) is 5.75 Å². The number of fused-ring (bicyclic) bond motifs is 1. The van der Waals surface area contributed by atoms with E-state index in [2.05, 4.69) is 16.7 Å². The van der Waals surface area contributed by atoms with Crippen LogP contribution in [0, 0.1) is 6.92 Å². The van der Waals surface area contributed by atoms with Gasteiger partial charge >= 0.3 is 0 Å². The lowest BCUT2D eigenvalue weighted by Crippen LogP contribution is -2.26. The van der Waals surface area contributed by atoms with Gasteiger partial charge in [0.15, 0.2) is 5.78 Å². The van der Waals surface area contributed by atoms with E-state index in [9.17, 15) is 4.79 Å². The fourth-order valence-electron chi connectivity index (χ4n) is 4.54. The monoisotopic (exact) mass is 400 g/mol. The number of rotatable bonds is 3. The number of allylic oxidation sites excluding steroid dienone is 1. The summed E-state index contributed by atoms with van der Waals surface area (Å²) in [5, 5.41) is 7.09. The molecule has 0 amide bonds. The Balaban J connectivity index is 1.61. The summed E-state index contributed by atoms with van der Waals surface area (Å²) < 4.78 is 11.5. The van der Waals surface area contributed by atoms with E-state index in [-0.39, 0.29) is 17.7 Å². The normalized spacial score (nSPS) is 20.5. The molecule has 2 unspecified atom stereocenters. The number of carbonyl (C=O) groups is 1. The van der Waals surface area contributed by atoms with E-state index in [4.69, 9.17) is 9.15 Å². The highest BCUT2D eigenvalue weighted by Gasteiger charge is 2.37. The molecule has 2 aliphatic rings. The topological polar surface area (TPSA) is 63.5 Å². The van der Waals surface area contributed by atoms with Crippen molar-refractivity contribution in [2.45, 2.75) is 31.7 Å². The van der Waals surface area contributed by atoms with Crippen molar-refractivity contribution in [1.82, 2.24) is 0 Å². The van der Waals surface area contributed by atoms with Crippen LogP contribution in [0.25, 0.3) is 0 Å². The van der Waals surface area contributed by atoms with Crippen molar-refractivity contribution >= 4 is 17.2 Å². The van der Waals surface area contributed by atoms with Crippen LogP contribution >= 0.6 is 0 Å². The Labute approximate surface area is 175 Å². The van der Waals surface area contributed by atoms with Crippen molar-refractivity contribution < 1.29 is 13.9 Å². The zero-order valence-corrected chi connectivity index (χ0v) is 17.1. The molecule has 2 atom stereocenters. The Morgan fingerprint density at radius 2 is 1.73 bits per heavy atom. The summed E-state index contributed by atoms with van der Waals surface area (Å²) in [6.07, 6.45) is 1.17. The van der Waals surface area contributed by atoms with Gasteiger partial charge in [-0.15, -0.1) is 0 Å².